The van der Waals surface area contributed by atoms with Crippen LogP contribution in [0.1, 0.15) is 41.6 Å². The van der Waals surface area contributed by atoms with E-state index in [1.165, 1.54) is 5.56 Å². The molecular weight excluding hydrogens is 224 g/mol. The predicted octanol–water partition coefficient (Wildman–Crippen LogP) is 3.25. The molecule has 0 aromatic heterocycles. The lowest BCUT2D eigenvalue weighted by molar-refractivity contribution is 0.0890. The molecule has 2 heteroatoms. The minimum Gasteiger partial charge on any atom is -0.381 e. The van der Waals surface area contributed by atoms with E-state index in [0.29, 0.717) is 11.7 Å². The summed E-state index contributed by atoms with van der Waals surface area (Å²) in [7, 11) is 0. The van der Waals surface area contributed by atoms with Crippen LogP contribution in [0.2, 0.25) is 0 Å². The SMILES string of the molecule is O=C1c2ccccc2CCCC1CC1CCOC1. The van der Waals surface area contributed by atoms with Crippen LogP contribution in [-0.4, -0.2) is 19.0 Å². The van der Waals surface area contributed by atoms with Gasteiger partial charge in [0.25, 0.3) is 0 Å². The fourth-order valence-electron chi connectivity index (χ4n) is 3.27. The fraction of sp³-hybridized carbons (Fsp3) is 0.562. The zero-order chi connectivity index (χ0) is 12.4. The smallest absolute Gasteiger partial charge is 0.166 e. The minimum atomic E-state index is 0.223. The average molecular weight is 244 g/mol. The largest absolute Gasteiger partial charge is 0.381 e. The van der Waals surface area contributed by atoms with E-state index in [4.69, 9.17) is 4.74 Å². The number of rotatable bonds is 2. The number of fused-ring (bicyclic) bond motifs is 1. The van der Waals surface area contributed by atoms with Crippen LogP contribution in [0.5, 0.6) is 0 Å². The minimum absolute atomic E-state index is 0.223. The molecule has 0 radical (unpaired) electrons. The third-order valence-corrected chi connectivity index (χ3v) is 4.29. The summed E-state index contributed by atoms with van der Waals surface area (Å²) in [5, 5.41) is 0. The van der Waals surface area contributed by atoms with Crippen LogP contribution >= 0.6 is 0 Å². The van der Waals surface area contributed by atoms with Gasteiger partial charge in [0.05, 0.1) is 0 Å². The summed E-state index contributed by atoms with van der Waals surface area (Å²) in [6.07, 6.45) is 5.39. The Labute approximate surface area is 108 Å². The molecule has 0 bridgehead atoms. The third kappa shape index (κ3) is 2.35. The molecule has 96 valence electrons. The Kier molecular flexibility index (Phi) is 3.46. The molecule has 3 rings (SSSR count). The van der Waals surface area contributed by atoms with Crippen LogP contribution in [0.25, 0.3) is 0 Å². The molecule has 2 atom stereocenters. The van der Waals surface area contributed by atoms with E-state index < -0.39 is 0 Å². The molecule has 2 unspecified atom stereocenters. The molecule has 1 heterocycles. The van der Waals surface area contributed by atoms with Crippen molar-refractivity contribution in [2.75, 3.05) is 13.2 Å². The predicted molar refractivity (Wildman–Crippen MR) is 70.7 cm³/mol. The highest BCUT2D eigenvalue weighted by atomic mass is 16.5. The van der Waals surface area contributed by atoms with E-state index in [0.717, 1.165) is 50.9 Å². The van der Waals surface area contributed by atoms with E-state index in [-0.39, 0.29) is 5.92 Å². The molecule has 2 aliphatic rings. The van der Waals surface area contributed by atoms with Crippen molar-refractivity contribution in [3.8, 4) is 0 Å². The van der Waals surface area contributed by atoms with E-state index in [1.54, 1.807) is 0 Å². The second-order valence-corrected chi connectivity index (χ2v) is 5.58. The molecule has 0 spiro atoms. The molecule has 1 aromatic carbocycles. The normalized spacial score (nSPS) is 27.9. The van der Waals surface area contributed by atoms with Gasteiger partial charge in [-0.1, -0.05) is 24.3 Å². The number of carbonyl (C=O) groups is 1. The first kappa shape index (κ1) is 11.9. The number of ketones is 1. The highest BCUT2D eigenvalue weighted by Gasteiger charge is 2.28. The molecule has 0 N–H and O–H groups in total. The second kappa shape index (κ2) is 5.23. The van der Waals surface area contributed by atoms with Gasteiger partial charge < -0.3 is 4.74 Å². The second-order valence-electron chi connectivity index (χ2n) is 5.58. The average Bonchev–Trinajstić information content (AvgIpc) is 2.85. The number of hydrogen-bond donors (Lipinski definition) is 0. The van der Waals surface area contributed by atoms with Gasteiger partial charge in [0, 0.05) is 24.7 Å². The zero-order valence-electron chi connectivity index (χ0n) is 10.7. The summed E-state index contributed by atoms with van der Waals surface area (Å²) in [6, 6.07) is 8.13. The maximum absolute atomic E-state index is 12.6. The maximum atomic E-state index is 12.6. The summed E-state index contributed by atoms with van der Waals surface area (Å²) >= 11 is 0. The maximum Gasteiger partial charge on any atom is 0.166 e. The lowest BCUT2D eigenvalue weighted by atomic mass is 9.86. The van der Waals surface area contributed by atoms with Crippen LogP contribution < -0.4 is 0 Å². The molecule has 18 heavy (non-hydrogen) atoms. The van der Waals surface area contributed by atoms with Crippen LogP contribution in [0.3, 0.4) is 0 Å². The molecule has 0 amide bonds. The van der Waals surface area contributed by atoms with Gasteiger partial charge in [-0.05, 0) is 43.6 Å². The Hall–Kier alpha value is -1.15. The molecular formula is C16H20O2. The fourth-order valence-corrected chi connectivity index (χ4v) is 3.27. The van der Waals surface area contributed by atoms with E-state index in [2.05, 4.69) is 6.07 Å². The van der Waals surface area contributed by atoms with Crippen molar-refractivity contribution in [1.29, 1.82) is 0 Å². The summed E-state index contributed by atoms with van der Waals surface area (Å²) in [4.78, 5) is 12.6. The summed E-state index contributed by atoms with van der Waals surface area (Å²) in [5.74, 6) is 1.19. The Morgan fingerprint density at radius 3 is 2.94 bits per heavy atom. The molecule has 1 saturated heterocycles. The molecule has 1 fully saturated rings. The Morgan fingerprint density at radius 1 is 1.22 bits per heavy atom. The number of carbonyl (C=O) groups excluding carboxylic acids is 1. The molecule has 1 aliphatic carbocycles. The quantitative estimate of drug-likeness (QED) is 0.746. The summed E-state index contributed by atoms with van der Waals surface area (Å²) in [6.45, 7) is 1.73. The van der Waals surface area contributed by atoms with E-state index >= 15 is 0 Å². The lowest BCUT2D eigenvalue weighted by Gasteiger charge is -2.17. The Bertz CT molecular complexity index is 432. The number of aryl methyl sites for hydroxylation is 1. The van der Waals surface area contributed by atoms with Gasteiger partial charge in [-0.15, -0.1) is 0 Å². The van der Waals surface area contributed by atoms with Gasteiger partial charge in [0.1, 0.15) is 0 Å². The van der Waals surface area contributed by atoms with Crippen molar-refractivity contribution in [2.24, 2.45) is 11.8 Å². The summed E-state index contributed by atoms with van der Waals surface area (Å²) < 4.78 is 5.42. The lowest BCUT2D eigenvalue weighted by Crippen LogP contribution is -2.18. The first-order valence-corrected chi connectivity index (χ1v) is 7.04. The van der Waals surface area contributed by atoms with Crippen molar-refractivity contribution in [3.05, 3.63) is 35.4 Å². The van der Waals surface area contributed by atoms with Crippen molar-refractivity contribution in [2.45, 2.75) is 32.1 Å². The highest BCUT2D eigenvalue weighted by molar-refractivity contribution is 5.99. The molecule has 1 aromatic rings. The number of hydrogen-bond acceptors (Lipinski definition) is 2. The van der Waals surface area contributed by atoms with Gasteiger partial charge in [0.15, 0.2) is 5.78 Å². The van der Waals surface area contributed by atoms with Crippen LogP contribution in [-0.2, 0) is 11.2 Å². The van der Waals surface area contributed by atoms with E-state index in [9.17, 15) is 4.79 Å². The van der Waals surface area contributed by atoms with Gasteiger partial charge in [-0.25, -0.2) is 0 Å². The Morgan fingerprint density at radius 2 is 2.11 bits per heavy atom. The van der Waals surface area contributed by atoms with Gasteiger partial charge in [-0.2, -0.15) is 0 Å². The first-order valence-electron chi connectivity index (χ1n) is 7.04. The van der Waals surface area contributed by atoms with Crippen LogP contribution in [0, 0.1) is 11.8 Å². The third-order valence-electron chi connectivity index (χ3n) is 4.29. The Balaban J connectivity index is 1.78. The van der Waals surface area contributed by atoms with Gasteiger partial charge >= 0.3 is 0 Å². The monoisotopic (exact) mass is 244 g/mol. The van der Waals surface area contributed by atoms with Crippen LogP contribution in [0.4, 0.5) is 0 Å². The standard InChI is InChI=1S/C16H20O2/c17-16-14(10-12-8-9-18-11-12)6-3-5-13-4-1-2-7-15(13)16/h1-2,4,7,12,14H,3,5-6,8-11H2. The van der Waals surface area contributed by atoms with Crippen molar-refractivity contribution in [1.82, 2.24) is 0 Å². The molecule has 1 aliphatic heterocycles. The number of ether oxygens (including phenoxy) is 1. The summed E-state index contributed by atoms with van der Waals surface area (Å²) in [5.41, 5.74) is 2.21. The molecule has 2 nitrogen and oxygen atoms in total. The van der Waals surface area contributed by atoms with Crippen molar-refractivity contribution < 1.29 is 9.53 Å². The van der Waals surface area contributed by atoms with Crippen LogP contribution in [0.15, 0.2) is 24.3 Å². The van der Waals surface area contributed by atoms with Gasteiger partial charge in [0.2, 0.25) is 0 Å². The van der Waals surface area contributed by atoms with E-state index in [1.807, 2.05) is 18.2 Å². The van der Waals surface area contributed by atoms with Gasteiger partial charge in [-0.3, -0.25) is 4.79 Å². The van der Waals surface area contributed by atoms with Crippen molar-refractivity contribution in [3.63, 3.8) is 0 Å². The number of Topliss-reactive ketones (excluding diaryl/α,β-unsaturated/α-hetero) is 1. The number of benzene rings is 1. The van der Waals surface area contributed by atoms with Crippen molar-refractivity contribution >= 4 is 5.78 Å². The first-order chi connectivity index (χ1) is 8.84. The highest BCUT2D eigenvalue weighted by Crippen LogP contribution is 2.31. The zero-order valence-corrected chi connectivity index (χ0v) is 10.7. The molecule has 0 saturated carbocycles. The topological polar surface area (TPSA) is 26.3 Å².